The molecule has 0 amide bonds. The maximum absolute atomic E-state index is 5.49. The van der Waals surface area contributed by atoms with E-state index < -0.39 is 0 Å². The average Bonchev–Trinajstić information content (AvgIpc) is 2.75. The molecule has 0 spiro atoms. The maximum atomic E-state index is 5.49. The van der Waals surface area contributed by atoms with Gasteiger partial charge in [0.15, 0.2) is 0 Å². The Morgan fingerprint density at radius 2 is 2.17 bits per heavy atom. The molecule has 96 valence electrons. The molecule has 0 saturated heterocycles. The lowest BCUT2D eigenvalue weighted by molar-refractivity contribution is 0.420. The Morgan fingerprint density at radius 1 is 1.33 bits per heavy atom. The van der Waals surface area contributed by atoms with Crippen LogP contribution in [0.3, 0.4) is 0 Å². The van der Waals surface area contributed by atoms with Crippen molar-refractivity contribution in [3.8, 4) is 11.9 Å². The molecule has 2 heterocycles. The van der Waals surface area contributed by atoms with Crippen LogP contribution in [0.4, 0.5) is 5.82 Å². The first kappa shape index (κ1) is 12.3. The third kappa shape index (κ3) is 2.93. The van der Waals surface area contributed by atoms with Crippen LogP contribution in [0.15, 0.2) is 12.4 Å². The number of nitrogens with one attached hydrogen (secondary N) is 1. The molecule has 18 heavy (non-hydrogen) atoms. The summed E-state index contributed by atoms with van der Waals surface area (Å²) < 4.78 is 7.07. The van der Waals surface area contributed by atoms with Crippen LogP contribution in [0.1, 0.15) is 19.7 Å². The van der Waals surface area contributed by atoms with Crippen molar-refractivity contribution >= 4 is 5.82 Å². The highest BCUT2D eigenvalue weighted by Gasteiger charge is 2.07. The van der Waals surface area contributed by atoms with Gasteiger partial charge in [-0.3, -0.25) is 4.68 Å². The van der Waals surface area contributed by atoms with Crippen molar-refractivity contribution in [2.24, 2.45) is 7.05 Å². The van der Waals surface area contributed by atoms with Crippen molar-refractivity contribution in [2.75, 3.05) is 11.9 Å². The lowest BCUT2D eigenvalue weighted by atomic mass is 10.4. The first-order valence-electron chi connectivity index (χ1n) is 5.86. The van der Waals surface area contributed by atoms with Crippen LogP contribution < -0.4 is 10.1 Å². The minimum Gasteiger partial charge on any atom is -0.404 e. The van der Waals surface area contributed by atoms with Gasteiger partial charge in [0.2, 0.25) is 5.88 Å². The summed E-state index contributed by atoms with van der Waals surface area (Å²) in [4.78, 5) is 12.6. The summed E-state index contributed by atoms with van der Waals surface area (Å²) in [5.74, 6) is 1.92. The molecule has 2 rings (SSSR count). The van der Waals surface area contributed by atoms with E-state index in [1.807, 2.05) is 13.8 Å². The van der Waals surface area contributed by atoms with E-state index in [0.717, 1.165) is 24.6 Å². The van der Waals surface area contributed by atoms with E-state index >= 15 is 0 Å². The van der Waals surface area contributed by atoms with Crippen LogP contribution in [0.5, 0.6) is 11.9 Å². The molecule has 0 fully saturated rings. The molecule has 7 nitrogen and oxygen atoms in total. The first-order valence-corrected chi connectivity index (χ1v) is 5.86. The average molecular weight is 248 g/mol. The molecule has 0 aliphatic carbocycles. The third-order valence-electron chi connectivity index (χ3n) is 2.20. The van der Waals surface area contributed by atoms with Crippen LogP contribution in [0, 0.1) is 0 Å². The predicted octanol–water partition coefficient (Wildman–Crippen LogP) is 1.39. The minimum absolute atomic E-state index is 0.278. The summed E-state index contributed by atoms with van der Waals surface area (Å²) in [5, 5.41) is 7.18. The summed E-state index contributed by atoms with van der Waals surface area (Å²) in [6.45, 7) is 4.80. The lowest BCUT2D eigenvalue weighted by Gasteiger charge is -2.07. The highest BCUT2D eigenvalue weighted by atomic mass is 16.5. The van der Waals surface area contributed by atoms with E-state index in [9.17, 15) is 0 Å². The first-order chi connectivity index (χ1) is 8.71. The van der Waals surface area contributed by atoms with Crippen LogP contribution in [-0.4, -0.2) is 31.3 Å². The molecule has 0 unspecified atom stereocenters. The quantitative estimate of drug-likeness (QED) is 0.861. The minimum atomic E-state index is 0.278. The second-order valence-electron chi connectivity index (χ2n) is 3.69. The van der Waals surface area contributed by atoms with Gasteiger partial charge in [0, 0.05) is 26.1 Å². The van der Waals surface area contributed by atoms with Gasteiger partial charge in [0.05, 0.1) is 0 Å². The molecule has 2 aromatic rings. The molecule has 0 aliphatic heterocycles. The van der Waals surface area contributed by atoms with Crippen LogP contribution in [-0.2, 0) is 13.5 Å². The van der Waals surface area contributed by atoms with E-state index in [-0.39, 0.29) is 6.01 Å². The lowest BCUT2D eigenvalue weighted by Crippen LogP contribution is -2.04. The zero-order valence-electron chi connectivity index (χ0n) is 10.7. The van der Waals surface area contributed by atoms with Gasteiger partial charge in [-0.25, -0.2) is 4.98 Å². The number of hydrogen-bond donors (Lipinski definition) is 1. The van der Waals surface area contributed by atoms with Gasteiger partial charge in [-0.1, -0.05) is 6.92 Å². The third-order valence-corrected chi connectivity index (χ3v) is 2.20. The van der Waals surface area contributed by atoms with Gasteiger partial charge in [0.25, 0.3) is 0 Å². The van der Waals surface area contributed by atoms with Gasteiger partial charge in [-0.2, -0.15) is 9.97 Å². The second kappa shape index (κ2) is 5.44. The van der Waals surface area contributed by atoms with Crippen molar-refractivity contribution in [2.45, 2.75) is 20.3 Å². The standard InChI is InChI=1S/C11H16N6O/c1-4-8-14-9(12-5-2)6-10(15-8)18-11-13-7-17(3)16-11/h6-7H,4-5H2,1-3H3,(H,12,14,15). The number of aryl methyl sites for hydroxylation is 2. The van der Waals surface area contributed by atoms with Gasteiger partial charge in [-0.15, -0.1) is 5.10 Å². The monoisotopic (exact) mass is 248 g/mol. The fraction of sp³-hybridized carbons (Fsp3) is 0.455. The number of aromatic nitrogens is 5. The molecular formula is C11H16N6O. The van der Waals surface area contributed by atoms with E-state index in [1.54, 1.807) is 24.1 Å². The van der Waals surface area contributed by atoms with Gasteiger partial charge < -0.3 is 10.1 Å². The Morgan fingerprint density at radius 3 is 2.78 bits per heavy atom. The van der Waals surface area contributed by atoms with Crippen LogP contribution in [0.25, 0.3) is 0 Å². The summed E-state index contributed by atoms with van der Waals surface area (Å²) in [7, 11) is 1.78. The number of hydrogen-bond acceptors (Lipinski definition) is 6. The highest BCUT2D eigenvalue weighted by Crippen LogP contribution is 2.18. The normalized spacial score (nSPS) is 10.4. The molecule has 2 aromatic heterocycles. The van der Waals surface area contributed by atoms with Crippen molar-refractivity contribution in [3.05, 3.63) is 18.2 Å². The van der Waals surface area contributed by atoms with Gasteiger partial charge in [0.1, 0.15) is 18.0 Å². The molecule has 0 aliphatic rings. The Labute approximate surface area is 105 Å². The number of anilines is 1. The van der Waals surface area contributed by atoms with E-state index in [1.165, 1.54) is 0 Å². The van der Waals surface area contributed by atoms with E-state index in [4.69, 9.17) is 4.74 Å². The van der Waals surface area contributed by atoms with Gasteiger partial charge in [-0.05, 0) is 6.92 Å². The maximum Gasteiger partial charge on any atom is 0.342 e. The molecule has 7 heteroatoms. The van der Waals surface area contributed by atoms with Crippen molar-refractivity contribution in [1.82, 2.24) is 24.7 Å². The SMILES string of the molecule is CCNc1cc(Oc2ncn(C)n2)nc(CC)n1. The summed E-state index contributed by atoms with van der Waals surface area (Å²) in [6.07, 6.45) is 2.31. The Hall–Kier alpha value is -2.18. The fourth-order valence-corrected chi connectivity index (χ4v) is 1.41. The summed E-state index contributed by atoms with van der Waals surface area (Å²) in [6, 6.07) is 2.01. The Bertz CT molecular complexity index is 524. The van der Waals surface area contributed by atoms with Crippen LogP contribution >= 0.6 is 0 Å². The summed E-state index contributed by atoms with van der Waals surface area (Å²) >= 11 is 0. The second-order valence-corrected chi connectivity index (χ2v) is 3.69. The molecular weight excluding hydrogens is 232 g/mol. The van der Waals surface area contributed by atoms with Crippen LogP contribution in [0.2, 0.25) is 0 Å². The highest BCUT2D eigenvalue weighted by molar-refractivity contribution is 5.38. The Balaban J connectivity index is 2.23. The molecule has 0 radical (unpaired) electrons. The molecule has 1 N–H and O–H groups in total. The van der Waals surface area contributed by atoms with Gasteiger partial charge >= 0.3 is 6.01 Å². The van der Waals surface area contributed by atoms with Crippen molar-refractivity contribution in [3.63, 3.8) is 0 Å². The van der Waals surface area contributed by atoms with E-state index in [2.05, 4.69) is 25.4 Å². The Kier molecular flexibility index (Phi) is 3.71. The topological polar surface area (TPSA) is 77.8 Å². The smallest absolute Gasteiger partial charge is 0.342 e. The molecule has 0 aromatic carbocycles. The largest absolute Gasteiger partial charge is 0.404 e. The molecule has 0 bridgehead atoms. The molecule has 0 saturated carbocycles. The number of rotatable bonds is 5. The summed E-state index contributed by atoms with van der Waals surface area (Å²) in [5.41, 5.74) is 0. The molecule has 0 atom stereocenters. The van der Waals surface area contributed by atoms with E-state index in [0.29, 0.717) is 5.88 Å². The predicted molar refractivity (Wildman–Crippen MR) is 66.7 cm³/mol. The van der Waals surface area contributed by atoms with Crippen molar-refractivity contribution in [1.29, 1.82) is 0 Å². The number of ether oxygens (including phenoxy) is 1. The fourth-order valence-electron chi connectivity index (χ4n) is 1.41. The number of nitrogens with zero attached hydrogens (tertiary/aromatic N) is 5. The zero-order chi connectivity index (χ0) is 13.0. The van der Waals surface area contributed by atoms with Crippen molar-refractivity contribution < 1.29 is 4.74 Å². The zero-order valence-corrected chi connectivity index (χ0v) is 10.7.